The highest BCUT2D eigenvalue weighted by Crippen LogP contribution is 2.30. The number of para-hydroxylation sites is 2. The zero-order chi connectivity index (χ0) is 22.5. The van der Waals surface area contributed by atoms with Gasteiger partial charge < -0.3 is 4.57 Å². The molecule has 0 unspecified atom stereocenters. The van der Waals surface area contributed by atoms with Crippen molar-refractivity contribution in [1.29, 1.82) is 0 Å². The van der Waals surface area contributed by atoms with E-state index in [9.17, 15) is 0 Å². The predicted octanol–water partition coefficient (Wildman–Crippen LogP) is 6.71. The Labute approximate surface area is 193 Å². The Bertz CT molecular complexity index is 1320. The zero-order valence-corrected chi connectivity index (χ0v) is 18.4. The molecule has 5 rings (SSSR count). The molecule has 1 heterocycles. The molecule has 0 radical (unpaired) electrons. The van der Waals surface area contributed by atoms with Gasteiger partial charge in [0.2, 0.25) is 0 Å². The fraction of sp³-hybridized carbons (Fsp3) is 0.0714. The molecular weight excluding hydrogens is 406 g/mol. The monoisotopic (exact) mass is 431 g/mol. The maximum Gasteiger partial charge on any atom is 0.0561 e. The Morgan fingerprint density at radius 3 is 1.52 bits per heavy atom. The van der Waals surface area contributed by atoms with Crippen LogP contribution in [0, 0.1) is 0 Å². The fourth-order valence-corrected chi connectivity index (χ4v) is 4.03. The number of hydrazone groups is 2. The molecule has 0 saturated heterocycles. The van der Waals surface area contributed by atoms with Gasteiger partial charge >= 0.3 is 0 Å². The van der Waals surface area contributed by atoms with E-state index in [1.54, 1.807) is 0 Å². The summed E-state index contributed by atoms with van der Waals surface area (Å²) in [6, 6.07) is 32.8. The van der Waals surface area contributed by atoms with Crippen molar-refractivity contribution in [2.24, 2.45) is 10.2 Å². The van der Waals surface area contributed by atoms with Crippen molar-refractivity contribution in [2.75, 3.05) is 10.9 Å². The third-order valence-corrected chi connectivity index (χ3v) is 5.59. The van der Waals surface area contributed by atoms with Crippen molar-refractivity contribution in [2.45, 2.75) is 13.5 Å². The van der Waals surface area contributed by atoms with Crippen molar-refractivity contribution in [3.05, 3.63) is 108 Å². The number of hydrogen-bond acceptors (Lipinski definition) is 4. The second kappa shape index (κ2) is 9.40. The molecule has 0 aliphatic carbocycles. The van der Waals surface area contributed by atoms with Crippen molar-refractivity contribution in [1.82, 2.24) is 4.57 Å². The van der Waals surface area contributed by atoms with Gasteiger partial charge in [-0.05, 0) is 66.6 Å². The van der Waals surface area contributed by atoms with Gasteiger partial charge in [-0.25, -0.2) is 0 Å². The van der Waals surface area contributed by atoms with Crippen LogP contribution in [-0.2, 0) is 6.54 Å². The largest absolute Gasteiger partial charge is 0.341 e. The highest BCUT2D eigenvalue weighted by atomic mass is 15.3. The molecule has 0 aliphatic rings. The zero-order valence-electron chi connectivity index (χ0n) is 18.4. The van der Waals surface area contributed by atoms with Gasteiger partial charge in [0.1, 0.15) is 0 Å². The second-order valence-corrected chi connectivity index (χ2v) is 7.77. The summed E-state index contributed by atoms with van der Waals surface area (Å²) < 4.78 is 2.34. The quantitative estimate of drug-likeness (QED) is 0.222. The number of nitrogens with zero attached hydrogens (tertiary/aromatic N) is 3. The van der Waals surface area contributed by atoms with Crippen molar-refractivity contribution >= 4 is 45.6 Å². The summed E-state index contributed by atoms with van der Waals surface area (Å²) in [7, 11) is 0. The number of aryl methyl sites for hydroxylation is 1. The van der Waals surface area contributed by atoms with E-state index in [0.717, 1.165) is 29.0 Å². The SMILES string of the molecule is CCn1c2ccc(C=NNc3ccccc3)cc2c2cc(C=NNc3ccccc3)ccc21. The first kappa shape index (κ1) is 20.5. The van der Waals surface area contributed by atoms with Crippen molar-refractivity contribution in [3.8, 4) is 0 Å². The van der Waals surface area contributed by atoms with E-state index in [0.29, 0.717) is 0 Å². The lowest BCUT2D eigenvalue weighted by atomic mass is 10.1. The van der Waals surface area contributed by atoms with Gasteiger partial charge in [0.25, 0.3) is 0 Å². The van der Waals surface area contributed by atoms with Crippen LogP contribution in [0.3, 0.4) is 0 Å². The molecular formula is C28H25N5. The van der Waals surface area contributed by atoms with Gasteiger partial charge in [-0.2, -0.15) is 10.2 Å². The number of aromatic nitrogens is 1. The first-order chi connectivity index (χ1) is 16.3. The Kier molecular flexibility index (Phi) is 5.85. The van der Waals surface area contributed by atoms with Crippen LogP contribution in [0.5, 0.6) is 0 Å². The fourth-order valence-electron chi connectivity index (χ4n) is 4.03. The van der Waals surface area contributed by atoms with Gasteiger partial charge in [-0.3, -0.25) is 10.9 Å². The molecule has 33 heavy (non-hydrogen) atoms. The predicted molar refractivity (Wildman–Crippen MR) is 140 cm³/mol. The topological polar surface area (TPSA) is 53.7 Å². The summed E-state index contributed by atoms with van der Waals surface area (Å²) in [5.41, 5.74) is 12.6. The van der Waals surface area contributed by atoms with E-state index in [1.807, 2.05) is 73.1 Å². The molecule has 5 heteroatoms. The molecule has 5 nitrogen and oxygen atoms in total. The van der Waals surface area contributed by atoms with E-state index in [1.165, 1.54) is 21.8 Å². The lowest BCUT2D eigenvalue weighted by molar-refractivity contribution is 0.827. The van der Waals surface area contributed by atoms with Gasteiger partial charge in [-0.1, -0.05) is 48.5 Å². The van der Waals surface area contributed by atoms with Crippen LogP contribution in [0.1, 0.15) is 18.1 Å². The van der Waals surface area contributed by atoms with Crippen LogP contribution < -0.4 is 10.9 Å². The average molecular weight is 432 g/mol. The van der Waals surface area contributed by atoms with E-state index in [4.69, 9.17) is 0 Å². The highest BCUT2D eigenvalue weighted by molar-refractivity contribution is 6.10. The van der Waals surface area contributed by atoms with E-state index in [2.05, 4.69) is 68.9 Å². The minimum atomic E-state index is 0.909. The Morgan fingerprint density at radius 1 is 0.636 bits per heavy atom. The molecule has 0 spiro atoms. The van der Waals surface area contributed by atoms with Gasteiger partial charge in [0.05, 0.1) is 23.8 Å². The van der Waals surface area contributed by atoms with E-state index < -0.39 is 0 Å². The van der Waals surface area contributed by atoms with Crippen LogP contribution in [-0.4, -0.2) is 17.0 Å². The highest BCUT2D eigenvalue weighted by Gasteiger charge is 2.10. The van der Waals surface area contributed by atoms with Gasteiger partial charge in [-0.15, -0.1) is 0 Å². The minimum absolute atomic E-state index is 0.909. The summed E-state index contributed by atoms with van der Waals surface area (Å²) >= 11 is 0. The van der Waals surface area contributed by atoms with Crippen LogP contribution in [0.15, 0.2) is 107 Å². The summed E-state index contributed by atoms with van der Waals surface area (Å²) in [6.07, 6.45) is 3.72. The first-order valence-electron chi connectivity index (χ1n) is 11.1. The number of hydrogen-bond donors (Lipinski definition) is 2. The summed E-state index contributed by atoms with van der Waals surface area (Å²) in [5.74, 6) is 0. The smallest absolute Gasteiger partial charge is 0.0561 e. The van der Waals surface area contributed by atoms with Gasteiger partial charge in [0.15, 0.2) is 0 Å². The average Bonchev–Trinajstić information content (AvgIpc) is 3.18. The molecule has 0 amide bonds. The summed E-state index contributed by atoms with van der Waals surface area (Å²) in [4.78, 5) is 0. The number of benzene rings is 4. The van der Waals surface area contributed by atoms with E-state index in [-0.39, 0.29) is 0 Å². The number of nitrogens with one attached hydrogen (secondary N) is 2. The first-order valence-corrected chi connectivity index (χ1v) is 11.1. The number of anilines is 2. The van der Waals surface area contributed by atoms with Crippen molar-refractivity contribution in [3.63, 3.8) is 0 Å². The lowest BCUT2D eigenvalue weighted by Crippen LogP contribution is -1.94. The Hall–Kier alpha value is -4.38. The second-order valence-electron chi connectivity index (χ2n) is 7.77. The molecule has 4 aromatic carbocycles. The third-order valence-electron chi connectivity index (χ3n) is 5.59. The van der Waals surface area contributed by atoms with Crippen LogP contribution in [0.4, 0.5) is 11.4 Å². The molecule has 162 valence electrons. The molecule has 5 aromatic rings. The lowest BCUT2D eigenvalue weighted by Gasteiger charge is -2.03. The number of rotatable bonds is 7. The molecule has 0 bridgehead atoms. The van der Waals surface area contributed by atoms with Crippen LogP contribution >= 0.6 is 0 Å². The number of fused-ring (bicyclic) bond motifs is 3. The molecule has 0 saturated carbocycles. The molecule has 2 N–H and O–H groups in total. The van der Waals surface area contributed by atoms with Crippen molar-refractivity contribution < 1.29 is 0 Å². The standard InChI is InChI=1S/C28H25N5/c1-2-33-27-15-13-21(19-29-31-23-9-5-3-6-10-23)17-25(27)26-18-22(14-16-28(26)33)20-30-32-24-11-7-4-8-12-24/h3-20,31-32H,2H2,1H3. The molecule has 0 fully saturated rings. The maximum atomic E-state index is 4.40. The molecule has 0 aliphatic heterocycles. The van der Waals surface area contributed by atoms with E-state index >= 15 is 0 Å². The Balaban J connectivity index is 1.45. The molecule has 0 atom stereocenters. The minimum Gasteiger partial charge on any atom is -0.341 e. The normalized spacial score (nSPS) is 11.7. The Morgan fingerprint density at radius 2 is 1.09 bits per heavy atom. The van der Waals surface area contributed by atoms with Crippen LogP contribution in [0.25, 0.3) is 21.8 Å². The summed E-state index contributed by atoms with van der Waals surface area (Å²) in [6.45, 7) is 3.09. The maximum absolute atomic E-state index is 4.40. The molecule has 1 aromatic heterocycles. The van der Waals surface area contributed by atoms with Gasteiger partial charge in [0, 0.05) is 28.4 Å². The third kappa shape index (κ3) is 4.48. The summed E-state index contributed by atoms with van der Waals surface area (Å²) in [5, 5.41) is 11.2. The van der Waals surface area contributed by atoms with Crippen LogP contribution in [0.2, 0.25) is 0 Å².